The predicted molar refractivity (Wildman–Crippen MR) is 107 cm³/mol. The molecular weight excluding hydrogens is 366 g/mol. The Hall–Kier alpha value is -3.73. The molecule has 0 spiro atoms. The van der Waals surface area contributed by atoms with Gasteiger partial charge in [-0.25, -0.2) is 9.97 Å². The molecule has 5 heterocycles. The number of hydrogen-bond acceptors (Lipinski definition) is 6. The number of H-pyrrole nitrogens is 1. The van der Waals surface area contributed by atoms with Crippen molar-refractivity contribution in [3.05, 3.63) is 42.6 Å². The molecule has 5 rings (SSSR count). The minimum absolute atomic E-state index is 0.0769. The van der Waals surface area contributed by atoms with E-state index in [1.165, 1.54) is 0 Å². The molecule has 8 heteroatoms. The van der Waals surface area contributed by atoms with Gasteiger partial charge in [-0.3, -0.25) is 9.78 Å². The zero-order valence-electron chi connectivity index (χ0n) is 15.7. The third-order valence-electron chi connectivity index (χ3n) is 5.52. The quantitative estimate of drug-likeness (QED) is 0.548. The van der Waals surface area contributed by atoms with E-state index in [4.69, 9.17) is 10.2 Å². The van der Waals surface area contributed by atoms with E-state index in [1.807, 2.05) is 24.3 Å². The van der Waals surface area contributed by atoms with E-state index in [0.717, 1.165) is 52.7 Å². The molecule has 2 aliphatic rings. The van der Waals surface area contributed by atoms with Crippen molar-refractivity contribution >= 4 is 17.4 Å². The zero-order chi connectivity index (χ0) is 19.8. The van der Waals surface area contributed by atoms with Gasteiger partial charge in [0, 0.05) is 42.5 Å². The van der Waals surface area contributed by atoms with Gasteiger partial charge in [0.15, 0.2) is 0 Å². The number of amides is 1. The van der Waals surface area contributed by atoms with Crippen LogP contribution >= 0.6 is 0 Å². The van der Waals surface area contributed by atoms with Crippen LogP contribution in [0.2, 0.25) is 0 Å². The van der Waals surface area contributed by atoms with Gasteiger partial charge in [0.1, 0.15) is 23.8 Å². The molecule has 3 aromatic rings. The first-order valence-corrected chi connectivity index (χ1v) is 9.66. The highest BCUT2D eigenvalue weighted by molar-refractivity contribution is 5.94. The van der Waals surface area contributed by atoms with Crippen LogP contribution in [0.3, 0.4) is 0 Å². The summed E-state index contributed by atoms with van der Waals surface area (Å²) in [7, 11) is 0. The molecule has 1 fully saturated rings. The Morgan fingerprint density at radius 1 is 1.31 bits per heavy atom. The SMILES string of the molecule is N#CCC(=O)N1CCCC(c2nc3c([nH]2)-c2ccncc2Nc2ncccc2-3)C1. The van der Waals surface area contributed by atoms with E-state index in [0.29, 0.717) is 13.1 Å². The van der Waals surface area contributed by atoms with Gasteiger partial charge < -0.3 is 15.2 Å². The maximum atomic E-state index is 12.2. The van der Waals surface area contributed by atoms with E-state index in [2.05, 4.69) is 20.3 Å². The maximum Gasteiger partial charge on any atom is 0.236 e. The van der Waals surface area contributed by atoms with Gasteiger partial charge in [-0.05, 0) is 31.0 Å². The topological polar surface area (TPSA) is 111 Å². The molecule has 0 radical (unpaired) electrons. The van der Waals surface area contributed by atoms with Crippen molar-refractivity contribution in [3.63, 3.8) is 0 Å². The summed E-state index contributed by atoms with van der Waals surface area (Å²) in [5.41, 5.74) is 4.56. The molecule has 1 saturated heterocycles. The summed E-state index contributed by atoms with van der Waals surface area (Å²) in [6.07, 6.45) is 7.06. The van der Waals surface area contributed by atoms with Crippen molar-refractivity contribution in [2.24, 2.45) is 0 Å². The first-order valence-electron chi connectivity index (χ1n) is 9.66. The summed E-state index contributed by atoms with van der Waals surface area (Å²) in [5, 5.41) is 12.2. The fourth-order valence-corrected chi connectivity index (χ4v) is 4.12. The lowest BCUT2D eigenvalue weighted by molar-refractivity contribution is -0.131. The third kappa shape index (κ3) is 3.01. The number of likely N-dealkylation sites (tertiary alicyclic amines) is 1. The Labute approximate surface area is 167 Å². The molecule has 0 saturated carbocycles. The highest BCUT2D eigenvalue weighted by Gasteiger charge is 2.30. The van der Waals surface area contributed by atoms with E-state index < -0.39 is 0 Å². The second-order valence-corrected chi connectivity index (χ2v) is 7.31. The Morgan fingerprint density at radius 2 is 2.24 bits per heavy atom. The number of fused-ring (bicyclic) bond motifs is 5. The van der Waals surface area contributed by atoms with Gasteiger partial charge in [-0.2, -0.15) is 5.26 Å². The minimum Gasteiger partial charge on any atom is -0.341 e. The Kier molecular flexibility index (Phi) is 4.21. The second-order valence-electron chi connectivity index (χ2n) is 7.31. The molecule has 144 valence electrons. The summed E-state index contributed by atoms with van der Waals surface area (Å²) in [4.78, 5) is 31.2. The monoisotopic (exact) mass is 385 g/mol. The van der Waals surface area contributed by atoms with Gasteiger partial charge >= 0.3 is 0 Å². The van der Waals surface area contributed by atoms with Crippen LogP contribution in [-0.2, 0) is 4.79 Å². The van der Waals surface area contributed by atoms with Crippen LogP contribution in [0.25, 0.3) is 22.5 Å². The lowest BCUT2D eigenvalue weighted by Gasteiger charge is -2.31. The number of piperidine rings is 1. The summed E-state index contributed by atoms with van der Waals surface area (Å²) in [6, 6.07) is 7.81. The van der Waals surface area contributed by atoms with Crippen molar-refractivity contribution < 1.29 is 4.79 Å². The number of aromatic amines is 1. The second kappa shape index (κ2) is 7.02. The number of imidazole rings is 1. The molecule has 1 unspecified atom stereocenters. The Morgan fingerprint density at radius 3 is 3.14 bits per heavy atom. The number of rotatable bonds is 2. The van der Waals surface area contributed by atoms with E-state index in [1.54, 1.807) is 23.5 Å². The maximum absolute atomic E-state index is 12.2. The average Bonchev–Trinajstić information content (AvgIpc) is 3.15. The molecule has 2 aliphatic heterocycles. The predicted octanol–water partition coefficient (Wildman–Crippen LogP) is 3.21. The molecule has 1 amide bonds. The molecule has 1 atom stereocenters. The highest BCUT2D eigenvalue weighted by Crippen LogP contribution is 2.42. The summed E-state index contributed by atoms with van der Waals surface area (Å²) >= 11 is 0. The van der Waals surface area contributed by atoms with Crippen LogP contribution in [-0.4, -0.2) is 43.8 Å². The van der Waals surface area contributed by atoms with Gasteiger partial charge in [0.2, 0.25) is 5.91 Å². The fraction of sp³-hybridized carbons (Fsp3) is 0.286. The Balaban J connectivity index is 1.57. The largest absolute Gasteiger partial charge is 0.341 e. The molecular formula is C21H19N7O. The van der Waals surface area contributed by atoms with Crippen LogP contribution < -0.4 is 5.32 Å². The zero-order valence-corrected chi connectivity index (χ0v) is 15.7. The number of anilines is 2. The fourth-order valence-electron chi connectivity index (χ4n) is 4.12. The van der Waals surface area contributed by atoms with E-state index >= 15 is 0 Å². The van der Waals surface area contributed by atoms with Crippen LogP contribution in [0, 0.1) is 11.3 Å². The van der Waals surface area contributed by atoms with E-state index in [9.17, 15) is 4.79 Å². The number of aromatic nitrogens is 4. The molecule has 0 aliphatic carbocycles. The summed E-state index contributed by atoms with van der Waals surface area (Å²) in [6.45, 7) is 1.27. The number of hydrogen-bond donors (Lipinski definition) is 2. The van der Waals surface area contributed by atoms with Crippen LogP contribution in [0.4, 0.5) is 11.5 Å². The van der Waals surface area contributed by atoms with Crippen molar-refractivity contribution in [2.75, 3.05) is 18.4 Å². The van der Waals surface area contributed by atoms with Crippen molar-refractivity contribution in [1.29, 1.82) is 5.26 Å². The lowest BCUT2D eigenvalue weighted by atomic mass is 9.97. The van der Waals surface area contributed by atoms with Crippen LogP contribution in [0.5, 0.6) is 0 Å². The molecule has 3 aromatic heterocycles. The highest BCUT2D eigenvalue weighted by atomic mass is 16.2. The van der Waals surface area contributed by atoms with Gasteiger partial charge in [0.25, 0.3) is 0 Å². The van der Waals surface area contributed by atoms with Gasteiger partial charge in [0.05, 0.1) is 23.6 Å². The normalized spacial score (nSPS) is 17.2. The number of nitrogens with zero attached hydrogens (tertiary/aromatic N) is 5. The van der Waals surface area contributed by atoms with Gasteiger partial charge in [-0.15, -0.1) is 0 Å². The minimum atomic E-state index is -0.111. The third-order valence-corrected chi connectivity index (χ3v) is 5.52. The van der Waals surface area contributed by atoms with Crippen LogP contribution in [0.1, 0.15) is 31.0 Å². The average molecular weight is 385 g/mol. The molecule has 0 bridgehead atoms. The molecule has 8 nitrogen and oxygen atoms in total. The van der Waals surface area contributed by atoms with Crippen molar-refractivity contribution in [3.8, 4) is 28.6 Å². The smallest absolute Gasteiger partial charge is 0.236 e. The molecule has 2 N–H and O–H groups in total. The number of carbonyl (C=O) groups excluding carboxylic acids is 1. The summed E-state index contributed by atoms with van der Waals surface area (Å²) in [5.74, 6) is 1.61. The van der Waals surface area contributed by atoms with Crippen LogP contribution in [0.15, 0.2) is 36.8 Å². The number of pyridine rings is 2. The number of nitrogens with one attached hydrogen (secondary N) is 2. The molecule has 29 heavy (non-hydrogen) atoms. The Bertz CT molecular complexity index is 1070. The lowest BCUT2D eigenvalue weighted by Crippen LogP contribution is -2.39. The first kappa shape index (κ1) is 17.4. The van der Waals surface area contributed by atoms with Crippen molar-refractivity contribution in [2.45, 2.75) is 25.2 Å². The molecule has 0 aromatic carbocycles. The first-order chi connectivity index (χ1) is 14.2. The summed E-state index contributed by atoms with van der Waals surface area (Å²) < 4.78 is 0. The van der Waals surface area contributed by atoms with Gasteiger partial charge in [-0.1, -0.05) is 0 Å². The van der Waals surface area contributed by atoms with E-state index in [-0.39, 0.29) is 18.2 Å². The van der Waals surface area contributed by atoms with Crippen molar-refractivity contribution in [1.82, 2.24) is 24.8 Å². The number of carbonyl (C=O) groups is 1. The number of nitriles is 1. The standard InChI is InChI=1S/C21H19N7O/c22-7-5-17(29)28-10-2-3-13(12-28)20-26-18-14-6-9-23-11-16(14)25-21-15(19(18)27-20)4-1-8-24-21/h1,4,6,8-9,11,13H,2-3,5,10,12H2,(H,24,25)(H,26,27).